The summed E-state index contributed by atoms with van der Waals surface area (Å²) < 4.78 is 4.57. The highest BCUT2D eigenvalue weighted by Gasteiger charge is 2.22. The second kappa shape index (κ2) is 4.47. The van der Waals surface area contributed by atoms with Gasteiger partial charge in [0, 0.05) is 12.6 Å². The molecule has 5 heteroatoms. The van der Waals surface area contributed by atoms with E-state index in [4.69, 9.17) is 0 Å². The lowest BCUT2D eigenvalue weighted by atomic mass is 10.2. The van der Waals surface area contributed by atoms with Crippen LogP contribution in [0.25, 0.3) is 0 Å². The highest BCUT2D eigenvalue weighted by Crippen LogP contribution is 2.22. The predicted octanol–water partition coefficient (Wildman–Crippen LogP) is 1.25. The monoisotopic (exact) mass is 221 g/mol. The van der Waals surface area contributed by atoms with Gasteiger partial charge in [0.1, 0.15) is 5.82 Å². The third-order valence-corrected chi connectivity index (χ3v) is 2.88. The van der Waals surface area contributed by atoms with E-state index >= 15 is 0 Å². The van der Waals surface area contributed by atoms with Crippen LogP contribution in [-0.4, -0.2) is 35.6 Å². The molecule has 16 heavy (non-hydrogen) atoms. The Balaban J connectivity index is 2.16. The number of methoxy groups -OCH3 is 1. The van der Waals surface area contributed by atoms with Gasteiger partial charge in [-0.05, 0) is 19.8 Å². The lowest BCUT2D eigenvalue weighted by Gasteiger charge is -2.21. The van der Waals surface area contributed by atoms with Gasteiger partial charge >= 0.3 is 5.97 Å². The molecule has 1 unspecified atom stereocenters. The van der Waals surface area contributed by atoms with Crippen molar-refractivity contribution in [2.45, 2.75) is 25.8 Å². The largest absolute Gasteiger partial charge is 0.464 e. The van der Waals surface area contributed by atoms with Crippen LogP contribution in [-0.2, 0) is 4.74 Å². The molecule has 2 rings (SSSR count). The summed E-state index contributed by atoms with van der Waals surface area (Å²) in [6, 6.07) is 0.498. The van der Waals surface area contributed by atoms with Crippen molar-refractivity contribution in [1.29, 1.82) is 0 Å². The molecule has 0 saturated carbocycles. The Hall–Kier alpha value is -1.65. The first-order valence-corrected chi connectivity index (χ1v) is 5.39. The van der Waals surface area contributed by atoms with Gasteiger partial charge in [-0.15, -0.1) is 0 Å². The van der Waals surface area contributed by atoms with Crippen LogP contribution >= 0.6 is 0 Å². The zero-order valence-corrected chi connectivity index (χ0v) is 9.51. The zero-order chi connectivity index (χ0) is 11.5. The summed E-state index contributed by atoms with van der Waals surface area (Å²) in [5, 5.41) is 0. The van der Waals surface area contributed by atoms with Gasteiger partial charge in [-0.25, -0.2) is 14.8 Å². The molecular weight excluding hydrogens is 206 g/mol. The minimum absolute atomic E-state index is 0.248. The quantitative estimate of drug-likeness (QED) is 0.703. The van der Waals surface area contributed by atoms with Crippen molar-refractivity contribution in [2.24, 2.45) is 0 Å². The predicted molar refractivity (Wildman–Crippen MR) is 59.4 cm³/mol. The Kier molecular flexibility index (Phi) is 3.03. The molecule has 5 nitrogen and oxygen atoms in total. The van der Waals surface area contributed by atoms with Gasteiger partial charge in [0.15, 0.2) is 5.69 Å². The zero-order valence-electron chi connectivity index (χ0n) is 9.51. The third-order valence-electron chi connectivity index (χ3n) is 2.88. The van der Waals surface area contributed by atoms with Crippen molar-refractivity contribution in [3.05, 3.63) is 18.1 Å². The lowest BCUT2D eigenvalue weighted by molar-refractivity contribution is 0.0593. The van der Waals surface area contributed by atoms with Crippen LogP contribution in [0.15, 0.2) is 12.4 Å². The molecule has 0 amide bonds. The molecule has 0 radical (unpaired) electrons. The molecule has 1 aromatic rings. The molecular formula is C11H15N3O2. The molecule has 2 heterocycles. The summed E-state index contributed by atoms with van der Waals surface area (Å²) in [7, 11) is 1.33. The molecule has 0 bridgehead atoms. The van der Waals surface area contributed by atoms with E-state index < -0.39 is 5.97 Å². The minimum atomic E-state index is -0.450. The molecule has 1 aliphatic rings. The molecule has 1 saturated heterocycles. The number of nitrogens with zero attached hydrogens (tertiary/aromatic N) is 3. The van der Waals surface area contributed by atoms with Crippen molar-refractivity contribution < 1.29 is 9.53 Å². The van der Waals surface area contributed by atoms with Crippen LogP contribution in [0.3, 0.4) is 0 Å². The summed E-state index contributed by atoms with van der Waals surface area (Å²) in [5.74, 6) is 0.381. The number of carbonyl (C=O) groups excluding carboxylic acids is 1. The van der Waals surface area contributed by atoms with E-state index in [1.165, 1.54) is 26.1 Å². The first kappa shape index (κ1) is 10.9. The van der Waals surface area contributed by atoms with E-state index in [2.05, 4.69) is 26.5 Å². The van der Waals surface area contributed by atoms with Crippen molar-refractivity contribution >= 4 is 11.8 Å². The van der Waals surface area contributed by atoms with Gasteiger partial charge in [-0.3, -0.25) is 0 Å². The molecule has 0 N–H and O–H groups in total. The standard InChI is InChI=1S/C11H15N3O2/c1-8-4-3-5-14(8)10-7-12-9(6-13-10)11(15)16-2/h6-8H,3-5H2,1-2H3. The summed E-state index contributed by atoms with van der Waals surface area (Å²) >= 11 is 0. The molecule has 0 aromatic carbocycles. The smallest absolute Gasteiger partial charge is 0.358 e. The lowest BCUT2D eigenvalue weighted by Crippen LogP contribution is -2.27. The van der Waals surface area contributed by atoms with Crippen LogP contribution in [0.4, 0.5) is 5.82 Å². The second-order valence-electron chi connectivity index (χ2n) is 3.94. The maximum atomic E-state index is 11.2. The molecule has 0 spiro atoms. The van der Waals surface area contributed by atoms with Crippen molar-refractivity contribution in [2.75, 3.05) is 18.6 Å². The first-order chi connectivity index (χ1) is 7.72. The number of hydrogen-bond acceptors (Lipinski definition) is 5. The summed E-state index contributed by atoms with van der Waals surface area (Å²) in [6.07, 6.45) is 5.46. The Labute approximate surface area is 94.5 Å². The normalized spacial score (nSPS) is 19.9. The van der Waals surface area contributed by atoms with Gasteiger partial charge in [0.05, 0.1) is 19.5 Å². The van der Waals surface area contributed by atoms with E-state index in [-0.39, 0.29) is 5.69 Å². The average Bonchev–Trinajstić information content (AvgIpc) is 2.75. The van der Waals surface area contributed by atoms with E-state index in [0.29, 0.717) is 6.04 Å². The van der Waals surface area contributed by atoms with Crippen LogP contribution < -0.4 is 4.90 Å². The third kappa shape index (κ3) is 1.98. The Bertz CT molecular complexity index is 377. The fraction of sp³-hybridized carbons (Fsp3) is 0.545. The Morgan fingerprint density at radius 1 is 1.50 bits per heavy atom. The fourth-order valence-electron chi connectivity index (χ4n) is 1.95. The first-order valence-electron chi connectivity index (χ1n) is 5.39. The number of carbonyl (C=O) groups is 1. The van der Waals surface area contributed by atoms with Crippen LogP contribution in [0.1, 0.15) is 30.3 Å². The summed E-state index contributed by atoms with van der Waals surface area (Å²) in [5.41, 5.74) is 0.248. The van der Waals surface area contributed by atoms with E-state index in [9.17, 15) is 4.79 Å². The van der Waals surface area contributed by atoms with Gasteiger partial charge in [-0.2, -0.15) is 0 Å². The van der Waals surface area contributed by atoms with Crippen LogP contribution in [0.2, 0.25) is 0 Å². The number of rotatable bonds is 2. The van der Waals surface area contributed by atoms with Gasteiger partial charge in [0.2, 0.25) is 0 Å². The highest BCUT2D eigenvalue weighted by molar-refractivity contribution is 5.86. The number of esters is 1. The summed E-state index contributed by atoms with van der Waals surface area (Å²) in [6.45, 7) is 3.18. The van der Waals surface area contributed by atoms with E-state index in [0.717, 1.165) is 12.4 Å². The SMILES string of the molecule is COC(=O)c1cnc(N2CCCC2C)cn1. The minimum Gasteiger partial charge on any atom is -0.464 e. The molecule has 1 atom stereocenters. The number of anilines is 1. The molecule has 1 aromatic heterocycles. The number of aromatic nitrogens is 2. The molecule has 0 aliphatic carbocycles. The topological polar surface area (TPSA) is 55.3 Å². The maximum absolute atomic E-state index is 11.2. The second-order valence-corrected chi connectivity index (χ2v) is 3.94. The molecule has 1 aliphatic heterocycles. The summed E-state index contributed by atoms with van der Waals surface area (Å²) in [4.78, 5) is 21.7. The average molecular weight is 221 g/mol. The molecule has 1 fully saturated rings. The van der Waals surface area contributed by atoms with Crippen molar-refractivity contribution in [1.82, 2.24) is 9.97 Å². The highest BCUT2D eigenvalue weighted by atomic mass is 16.5. The van der Waals surface area contributed by atoms with Gasteiger partial charge in [-0.1, -0.05) is 0 Å². The van der Waals surface area contributed by atoms with Crippen molar-refractivity contribution in [3.63, 3.8) is 0 Å². The van der Waals surface area contributed by atoms with E-state index in [1.54, 1.807) is 6.20 Å². The van der Waals surface area contributed by atoms with Gasteiger partial charge in [0.25, 0.3) is 0 Å². The number of hydrogen-bond donors (Lipinski definition) is 0. The van der Waals surface area contributed by atoms with Crippen LogP contribution in [0, 0.1) is 0 Å². The fourth-order valence-corrected chi connectivity index (χ4v) is 1.95. The Morgan fingerprint density at radius 2 is 2.31 bits per heavy atom. The number of ether oxygens (including phenoxy) is 1. The maximum Gasteiger partial charge on any atom is 0.358 e. The van der Waals surface area contributed by atoms with E-state index in [1.807, 2.05) is 0 Å². The van der Waals surface area contributed by atoms with Crippen LogP contribution in [0.5, 0.6) is 0 Å². The molecule has 86 valence electrons. The Morgan fingerprint density at radius 3 is 2.81 bits per heavy atom. The van der Waals surface area contributed by atoms with Gasteiger partial charge < -0.3 is 9.64 Å². The van der Waals surface area contributed by atoms with Crippen molar-refractivity contribution in [3.8, 4) is 0 Å².